The molecular weight excluding hydrogens is 178 g/mol. The highest BCUT2D eigenvalue weighted by Crippen LogP contribution is 2.22. The van der Waals surface area contributed by atoms with Gasteiger partial charge < -0.3 is 5.73 Å². The molecule has 0 aliphatic rings. The van der Waals surface area contributed by atoms with E-state index in [1.807, 2.05) is 6.92 Å². The van der Waals surface area contributed by atoms with Gasteiger partial charge in [-0.3, -0.25) is 0 Å². The van der Waals surface area contributed by atoms with Gasteiger partial charge >= 0.3 is 0 Å². The SMILES string of the molecule is C/C=C\C(CCC)=C(/S)[C@@H](C)CN. The molecule has 1 atom stereocenters. The maximum atomic E-state index is 5.60. The first-order valence-electron chi connectivity index (χ1n) is 4.92. The van der Waals surface area contributed by atoms with Crippen molar-refractivity contribution in [3.8, 4) is 0 Å². The molecular formula is C11H21NS. The molecule has 0 heterocycles. The molecule has 1 nitrogen and oxygen atoms in total. The van der Waals surface area contributed by atoms with Gasteiger partial charge in [0.2, 0.25) is 0 Å². The monoisotopic (exact) mass is 199 g/mol. The molecule has 0 amide bonds. The summed E-state index contributed by atoms with van der Waals surface area (Å²) in [5, 5.41) is 0. The topological polar surface area (TPSA) is 26.0 Å². The van der Waals surface area contributed by atoms with Crippen LogP contribution < -0.4 is 5.73 Å². The number of thiol groups is 1. The molecule has 0 bridgehead atoms. The summed E-state index contributed by atoms with van der Waals surface area (Å²) in [6, 6.07) is 0. The number of hydrogen-bond acceptors (Lipinski definition) is 2. The van der Waals surface area contributed by atoms with Crippen LogP contribution in [0.4, 0.5) is 0 Å². The van der Waals surface area contributed by atoms with E-state index in [2.05, 4.69) is 38.6 Å². The van der Waals surface area contributed by atoms with E-state index in [1.54, 1.807) is 0 Å². The minimum Gasteiger partial charge on any atom is -0.330 e. The summed E-state index contributed by atoms with van der Waals surface area (Å²) in [4.78, 5) is 1.14. The van der Waals surface area contributed by atoms with Gasteiger partial charge in [0, 0.05) is 0 Å². The molecule has 76 valence electrons. The Kier molecular flexibility index (Phi) is 7.10. The highest BCUT2D eigenvalue weighted by Gasteiger charge is 2.06. The Balaban J connectivity index is 4.62. The van der Waals surface area contributed by atoms with E-state index in [4.69, 9.17) is 5.73 Å². The van der Waals surface area contributed by atoms with Gasteiger partial charge in [0.1, 0.15) is 0 Å². The fourth-order valence-electron chi connectivity index (χ4n) is 1.20. The molecule has 13 heavy (non-hydrogen) atoms. The zero-order valence-electron chi connectivity index (χ0n) is 8.88. The first kappa shape index (κ1) is 12.8. The molecule has 0 saturated heterocycles. The van der Waals surface area contributed by atoms with Crippen molar-refractivity contribution in [3.05, 3.63) is 22.6 Å². The molecule has 0 fully saturated rings. The van der Waals surface area contributed by atoms with Gasteiger partial charge in [0.05, 0.1) is 0 Å². The zero-order chi connectivity index (χ0) is 10.3. The van der Waals surface area contributed by atoms with Gasteiger partial charge in [-0.2, -0.15) is 0 Å². The molecule has 2 heteroatoms. The smallest absolute Gasteiger partial charge is 0.000583 e. The largest absolute Gasteiger partial charge is 0.330 e. The van der Waals surface area contributed by atoms with Crippen molar-refractivity contribution >= 4 is 12.6 Å². The lowest BCUT2D eigenvalue weighted by Gasteiger charge is -2.12. The fourth-order valence-corrected chi connectivity index (χ4v) is 1.49. The van der Waals surface area contributed by atoms with Crippen LogP contribution in [-0.2, 0) is 0 Å². The Morgan fingerprint density at radius 2 is 2.15 bits per heavy atom. The van der Waals surface area contributed by atoms with Gasteiger partial charge in [0.25, 0.3) is 0 Å². The van der Waals surface area contributed by atoms with Crippen LogP contribution >= 0.6 is 12.6 Å². The molecule has 0 aromatic carbocycles. The van der Waals surface area contributed by atoms with Crippen molar-refractivity contribution in [2.75, 3.05) is 6.54 Å². The number of rotatable bonds is 5. The van der Waals surface area contributed by atoms with E-state index in [0.29, 0.717) is 12.5 Å². The molecule has 0 spiro atoms. The lowest BCUT2D eigenvalue weighted by atomic mass is 10.0. The van der Waals surface area contributed by atoms with Gasteiger partial charge in [-0.05, 0) is 36.3 Å². The van der Waals surface area contributed by atoms with Crippen LogP contribution in [0, 0.1) is 5.92 Å². The predicted octanol–water partition coefficient (Wildman–Crippen LogP) is 3.14. The number of nitrogens with two attached hydrogens (primary N) is 1. The summed E-state index contributed by atoms with van der Waals surface area (Å²) in [6.45, 7) is 6.99. The maximum Gasteiger partial charge on any atom is -0.000583 e. The number of hydrogen-bond donors (Lipinski definition) is 2. The summed E-state index contributed by atoms with van der Waals surface area (Å²) in [6.07, 6.45) is 6.44. The van der Waals surface area contributed by atoms with Crippen molar-refractivity contribution in [2.24, 2.45) is 11.7 Å². The highest BCUT2D eigenvalue weighted by molar-refractivity contribution is 7.84. The predicted molar refractivity (Wildman–Crippen MR) is 64.0 cm³/mol. The normalized spacial score (nSPS) is 16.1. The van der Waals surface area contributed by atoms with Gasteiger partial charge in [-0.1, -0.05) is 32.4 Å². The van der Waals surface area contributed by atoms with Gasteiger partial charge in [0.15, 0.2) is 0 Å². The third kappa shape index (κ3) is 4.53. The summed E-state index contributed by atoms with van der Waals surface area (Å²) in [5.74, 6) is 0.376. The van der Waals surface area contributed by atoms with Crippen LogP contribution in [0.5, 0.6) is 0 Å². The Labute approximate surface area is 87.5 Å². The van der Waals surface area contributed by atoms with Crippen molar-refractivity contribution in [1.82, 2.24) is 0 Å². The van der Waals surface area contributed by atoms with Crippen molar-refractivity contribution in [3.63, 3.8) is 0 Å². The Hall–Kier alpha value is -0.210. The summed E-state index contributed by atoms with van der Waals surface area (Å²) < 4.78 is 0. The maximum absolute atomic E-state index is 5.60. The van der Waals surface area contributed by atoms with Crippen molar-refractivity contribution in [2.45, 2.75) is 33.6 Å². The van der Waals surface area contributed by atoms with E-state index in [1.165, 1.54) is 5.57 Å². The van der Waals surface area contributed by atoms with Gasteiger partial charge in [-0.15, -0.1) is 12.6 Å². The molecule has 0 radical (unpaired) electrons. The molecule has 0 aliphatic carbocycles. The molecule has 0 aliphatic heterocycles. The van der Waals surface area contributed by atoms with E-state index >= 15 is 0 Å². The minimum atomic E-state index is 0.376. The summed E-state index contributed by atoms with van der Waals surface area (Å²) in [7, 11) is 0. The third-order valence-electron chi connectivity index (χ3n) is 2.04. The third-order valence-corrected chi connectivity index (χ3v) is 2.76. The zero-order valence-corrected chi connectivity index (χ0v) is 9.77. The first-order valence-corrected chi connectivity index (χ1v) is 5.36. The van der Waals surface area contributed by atoms with E-state index in [0.717, 1.165) is 17.7 Å². The lowest BCUT2D eigenvalue weighted by molar-refractivity contribution is 0.717. The van der Waals surface area contributed by atoms with Crippen LogP contribution in [0.3, 0.4) is 0 Å². The average Bonchev–Trinajstić information content (AvgIpc) is 2.15. The lowest BCUT2D eigenvalue weighted by Crippen LogP contribution is -2.11. The molecule has 0 aromatic heterocycles. The fraction of sp³-hybridized carbons (Fsp3) is 0.636. The van der Waals surface area contributed by atoms with E-state index in [-0.39, 0.29) is 0 Å². The first-order chi connectivity index (χ1) is 6.17. The van der Waals surface area contributed by atoms with Crippen LogP contribution in [0.15, 0.2) is 22.6 Å². The Morgan fingerprint density at radius 3 is 2.54 bits per heavy atom. The van der Waals surface area contributed by atoms with E-state index in [9.17, 15) is 0 Å². The van der Waals surface area contributed by atoms with Crippen molar-refractivity contribution < 1.29 is 0 Å². The average molecular weight is 199 g/mol. The Bertz CT molecular complexity index is 194. The second-order valence-electron chi connectivity index (χ2n) is 3.30. The van der Waals surface area contributed by atoms with Crippen LogP contribution in [0.2, 0.25) is 0 Å². The highest BCUT2D eigenvalue weighted by atomic mass is 32.1. The molecule has 0 rings (SSSR count). The second-order valence-corrected chi connectivity index (χ2v) is 3.78. The standard InChI is InChI=1S/C11H21NS/c1-4-6-10(7-5-2)11(13)9(3)8-12/h4,6,9,13H,5,7-8,12H2,1-3H3/b6-4-,11-10+/t9-/m0/s1. The second kappa shape index (κ2) is 7.22. The quantitative estimate of drug-likeness (QED) is 0.516. The summed E-state index contributed by atoms with van der Waals surface area (Å²) in [5.41, 5.74) is 6.92. The van der Waals surface area contributed by atoms with Gasteiger partial charge in [-0.25, -0.2) is 0 Å². The molecule has 0 aromatic rings. The Morgan fingerprint density at radius 1 is 1.54 bits per heavy atom. The van der Waals surface area contributed by atoms with Crippen LogP contribution in [-0.4, -0.2) is 6.54 Å². The summed E-state index contributed by atoms with van der Waals surface area (Å²) >= 11 is 4.52. The van der Waals surface area contributed by atoms with Crippen LogP contribution in [0.25, 0.3) is 0 Å². The van der Waals surface area contributed by atoms with Crippen molar-refractivity contribution in [1.29, 1.82) is 0 Å². The minimum absolute atomic E-state index is 0.376. The molecule has 2 N–H and O–H groups in total. The molecule has 0 saturated carbocycles. The molecule has 0 unspecified atom stereocenters. The van der Waals surface area contributed by atoms with Crippen LogP contribution in [0.1, 0.15) is 33.6 Å². The van der Waals surface area contributed by atoms with E-state index < -0.39 is 0 Å². The number of allylic oxidation sites excluding steroid dienone is 3.